The lowest BCUT2D eigenvalue weighted by atomic mass is 10.1. The number of carbonyl (C=O) groups is 1. The number of hydrogen-bond acceptors (Lipinski definition) is 5. The lowest BCUT2D eigenvalue weighted by molar-refractivity contribution is -0.157. The summed E-state index contributed by atoms with van der Waals surface area (Å²) in [5.41, 5.74) is 1.75. The van der Waals surface area contributed by atoms with Gasteiger partial charge in [0.15, 0.2) is 6.61 Å². The minimum Gasteiger partial charge on any atom is -0.482 e. The highest BCUT2D eigenvalue weighted by Gasteiger charge is 2.17. The SMILES string of the molecule is CC(C)(C)OC(=O)COc1cccc(CN(Cc2ccccc2)c2ccccn2)c1. The first-order valence-corrected chi connectivity index (χ1v) is 10.0. The minimum atomic E-state index is -0.525. The Kier molecular flexibility index (Phi) is 7.07. The monoisotopic (exact) mass is 404 g/mol. The van der Waals surface area contributed by atoms with Crippen LogP contribution in [-0.2, 0) is 22.6 Å². The molecule has 1 aromatic heterocycles. The van der Waals surface area contributed by atoms with Gasteiger partial charge in [-0.25, -0.2) is 9.78 Å². The molecule has 5 nitrogen and oxygen atoms in total. The highest BCUT2D eigenvalue weighted by molar-refractivity contribution is 5.71. The molecule has 3 rings (SSSR count). The lowest BCUT2D eigenvalue weighted by Crippen LogP contribution is -2.27. The minimum absolute atomic E-state index is 0.116. The summed E-state index contributed by atoms with van der Waals surface area (Å²) in [7, 11) is 0. The highest BCUT2D eigenvalue weighted by atomic mass is 16.6. The number of anilines is 1. The molecule has 0 N–H and O–H groups in total. The van der Waals surface area contributed by atoms with Gasteiger partial charge in [-0.3, -0.25) is 0 Å². The summed E-state index contributed by atoms with van der Waals surface area (Å²) in [5.74, 6) is 1.16. The normalized spacial score (nSPS) is 11.0. The summed E-state index contributed by atoms with van der Waals surface area (Å²) in [5, 5.41) is 0. The summed E-state index contributed by atoms with van der Waals surface area (Å²) in [6.07, 6.45) is 1.80. The van der Waals surface area contributed by atoms with Crippen LogP contribution in [-0.4, -0.2) is 23.2 Å². The van der Waals surface area contributed by atoms with E-state index in [2.05, 4.69) is 22.0 Å². The van der Waals surface area contributed by atoms with Gasteiger partial charge in [0.05, 0.1) is 0 Å². The van der Waals surface area contributed by atoms with Crippen LogP contribution in [0.4, 0.5) is 5.82 Å². The quantitative estimate of drug-likeness (QED) is 0.494. The predicted molar refractivity (Wildman–Crippen MR) is 118 cm³/mol. The largest absolute Gasteiger partial charge is 0.482 e. The molecule has 0 fully saturated rings. The van der Waals surface area contributed by atoms with Crippen molar-refractivity contribution in [3.8, 4) is 5.75 Å². The highest BCUT2D eigenvalue weighted by Crippen LogP contribution is 2.20. The number of carbonyl (C=O) groups excluding carboxylic acids is 1. The maximum absolute atomic E-state index is 11.9. The first-order valence-electron chi connectivity index (χ1n) is 10.0. The van der Waals surface area contributed by atoms with Gasteiger partial charge < -0.3 is 14.4 Å². The molecular formula is C25H28N2O3. The Morgan fingerprint density at radius 2 is 1.60 bits per heavy atom. The molecule has 2 aromatic carbocycles. The van der Waals surface area contributed by atoms with Crippen LogP contribution in [0.15, 0.2) is 79.0 Å². The van der Waals surface area contributed by atoms with E-state index < -0.39 is 5.60 Å². The average molecular weight is 405 g/mol. The maximum Gasteiger partial charge on any atom is 0.344 e. The van der Waals surface area contributed by atoms with Crippen molar-refractivity contribution in [1.82, 2.24) is 4.98 Å². The number of pyridine rings is 1. The third-order valence-electron chi connectivity index (χ3n) is 4.24. The van der Waals surface area contributed by atoms with Gasteiger partial charge in [0.2, 0.25) is 0 Å². The fourth-order valence-electron chi connectivity index (χ4n) is 3.03. The van der Waals surface area contributed by atoms with Crippen LogP contribution >= 0.6 is 0 Å². The molecule has 5 heteroatoms. The zero-order valence-corrected chi connectivity index (χ0v) is 17.7. The van der Waals surface area contributed by atoms with Crippen LogP contribution in [0.25, 0.3) is 0 Å². The van der Waals surface area contributed by atoms with Crippen LogP contribution < -0.4 is 9.64 Å². The number of rotatable bonds is 8. The molecule has 3 aromatic rings. The number of nitrogens with zero attached hydrogens (tertiary/aromatic N) is 2. The Labute approximate surface area is 178 Å². The Bertz CT molecular complexity index is 937. The Hall–Kier alpha value is -3.34. The van der Waals surface area contributed by atoms with Gasteiger partial charge in [-0.2, -0.15) is 0 Å². The van der Waals surface area contributed by atoms with E-state index in [4.69, 9.17) is 9.47 Å². The van der Waals surface area contributed by atoms with Crippen molar-refractivity contribution in [3.05, 3.63) is 90.1 Å². The van der Waals surface area contributed by atoms with E-state index >= 15 is 0 Å². The molecule has 0 amide bonds. The van der Waals surface area contributed by atoms with Crippen LogP contribution in [0.2, 0.25) is 0 Å². The molecule has 30 heavy (non-hydrogen) atoms. The summed E-state index contributed by atoms with van der Waals surface area (Å²) in [6, 6.07) is 24.0. The summed E-state index contributed by atoms with van der Waals surface area (Å²) in [6.45, 7) is 6.80. The molecular weight excluding hydrogens is 376 g/mol. The van der Waals surface area contributed by atoms with E-state index in [0.717, 1.165) is 17.9 Å². The Balaban J connectivity index is 1.70. The Morgan fingerprint density at radius 1 is 0.900 bits per heavy atom. The van der Waals surface area contributed by atoms with Crippen molar-refractivity contribution in [1.29, 1.82) is 0 Å². The average Bonchev–Trinajstić information content (AvgIpc) is 2.72. The molecule has 0 atom stereocenters. The molecule has 1 heterocycles. The van der Waals surface area contributed by atoms with Gasteiger partial charge in [0.25, 0.3) is 0 Å². The molecule has 0 aliphatic carbocycles. The first kappa shape index (κ1) is 21.4. The van der Waals surface area contributed by atoms with Crippen molar-refractivity contribution < 1.29 is 14.3 Å². The van der Waals surface area contributed by atoms with Crippen LogP contribution in [0, 0.1) is 0 Å². The third-order valence-corrected chi connectivity index (χ3v) is 4.24. The van der Waals surface area contributed by atoms with Crippen molar-refractivity contribution in [2.24, 2.45) is 0 Å². The van der Waals surface area contributed by atoms with Crippen LogP contribution in [0.5, 0.6) is 5.75 Å². The van der Waals surface area contributed by atoms with Crippen molar-refractivity contribution in [2.45, 2.75) is 39.5 Å². The maximum atomic E-state index is 11.9. The second kappa shape index (κ2) is 9.92. The smallest absolute Gasteiger partial charge is 0.344 e. The number of benzene rings is 2. The standard InChI is InChI=1S/C25H28N2O3/c1-25(2,3)30-24(28)19-29-22-13-9-12-21(16-22)18-27(23-14-7-8-15-26-23)17-20-10-5-4-6-11-20/h4-16H,17-19H2,1-3H3. The molecule has 0 aliphatic heterocycles. The van der Waals surface area contributed by atoms with E-state index in [1.807, 2.05) is 81.4 Å². The van der Waals surface area contributed by atoms with Crippen molar-refractivity contribution in [2.75, 3.05) is 11.5 Å². The molecule has 0 spiro atoms. The van der Waals surface area contributed by atoms with E-state index in [9.17, 15) is 4.79 Å². The summed E-state index contributed by atoms with van der Waals surface area (Å²) < 4.78 is 10.9. The molecule has 0 aliphatic rings. The van der Waals surface area contributed by atoms with Gasteiger partial charge in [-0.15, -0.1) is 0 Å². The molecule has 156 valence electrons. The van der Waals surface area contributed by atoms with E-state index in [1.54, 1.807) is 6.20 Å². The van der Waals surface area contributed by atoms with Gasteiger partial charge in [0, 0.05) is 19.3 Å². The van der Waals surface area contributed by atoms with Crippen LogP contribution in [0.3, 0.4) is 0 Å². The lowest BCUT2D eigenvalue weighted by Gasteiger charge is -2.24. The van der Waals surface area contributed by atoms with Crippen LogP contribution in [0.1, 0.15) is 31.9 Å². The molecule has 0 saturated carbocycles. The van der Waals surface area contributed by atoms with E-state index in [1.165, 1.54) is 5.56 Å². The zero-order valence-electron chi connectivity index (χ0n) is 17.7. The topological polar surface area (TPSA) is 51.7 Å². The summed E-state index contributed by atoms with van der Waals surface area (Å²) >= 11 is 0. The molecule has 0 unspecified atom stereocenters. The molecule has 0 saturated heterocycles. The summed E-state index contributed by atoms with van der Waals surface area (Å²) in [4.78, 5) is 18.7. The molecule has 0 radical (unpaired) electrons. The van der Waals surface area contributed by atoms with Gasteiger partial charge in [-0.05, 0) is 56.2 Å². The second-order valence-electron chi connectivity index (χ2n) is 8.05. The number of esters is 1. The molecule has 0 bridgehead atoms. The number of ether oxygens (including phenoxy) is 2. The number of aromatic nitrogens is 1. The second-order valence-corrected chi connectivity index (χ2v) is 8.05. The van der Waals surface area contributed by atoms with Gasteiger partial charge in [0.1, 0.15) is 17.2 Å². The van der Waals surface area contributed by atoms with Gasteiger partial charge in [-0.1, -0.05) is 48.5 Å². The Morgan fingerprint density at radius 3 is 2.30 bits per heavy atom. The zero-order chi connectivity index (χ0) is 21.4. The fraction of sp³-hybridized carbons (Fsp3) is 0.280. The van der Waals surface area contributed by atoms with Gasteiger partial charge >= 0.3 is 5.97 Å². The predicted octanol–water partition coefficient (Wildman–Crippen LogP) is 5.01. The van der Waals surface area contributed by atoms with Crippen molar-refractivity contribution in [3.63, 3.8) is 0 Å². The first-order chi connectivity index (χ1) is 14.4. The van der Waals surface area contributed by atoms with E-state index in [-0.39, 0.29) is 12.6 Å². The fourth-order valence-corrected chi connectivity index (χ4v) is 3.03. The van der Waals surface area contributed by atoms with Crippen molar-refractivity contribution >= 4 is 11.8 Å². The number of hydrogen-bond donors (Lipinski definition) is 0. The van der Waals surface area contributed by atoms with E-state index in [0.29, 0.717) is 12.3 Å². The third kappa shape index (κ3) is 6.92.